The molecule has 0 unspecified atom stereocenters. The van der Waals surface area contributed by atoms with Gasteiger partial charge in [0.05, 0.1) is 6.61 Å². The van der Waals surface area contributed by atoms with Gasteiger partial charge in [-0.15, -0.1) is 0 Å². The Hall–Kier alpha value is -0.0800. The topological polar surface area (TPSA) is 12.5 Å². The molecule has 0 aromatic carbocycles. The van der Waals surface area contributed by atoms with Crippen LogP contribution in [0.3, 0.4) is 0 Å². The first-order valence-corrected chi connectivity index (χ1v) is 5.56. The highest BCUT2D eigenvalue weighted by Gasteiger charge is 2.43. The maximum Gasteiger partial charge on any atom is 0.0530 e. The average molecular weight is 183 g/mol. The molecule has 0 spiro atoms. The highest BCUT2D eigenvalue weighted by atomic mass is 16.5. The second-order valence-corrected chi connectivity index (χ2v) is 4.77. The molecular formula is C11H21NO. The molecule has 0 N–H and O–H groups in total. The van der Waals surface area contributed by atoms with Crippen molar-refractivity contribution in [2.45, 2.75) is 32.1 Å². The minimum atomic E-state index is 0.562. The molecule has 13 heavy (non-hydrogen) atoms. The summed E-state index contributed by atoms with van der Waals surface area (Å²) in [4.78, 5) is 2.63. The van der Waals surface area contributed by atoms with Crippen LogP contribution in [0.15, 0.2) is 0 Å². The first kappa shape index (κ1) is 9.47. The molecule has 0 bridgehead atoms. The second kappa shape index (κ2) is 3.97. The number of rotatable bonds is 4. The fraction of sp³-hybridized carbons (Fsp3) is 1.00. The number of hydrogen-bond acceptors (Lipinski definition) is 2. The monoisotopic (exact) mass is 183 g/mol. The summed E-state index contributed by atoms with van der Waals surface area (Å²) in [6.45, 7) is 4.92. The van der Waals surface area contributed by atoms with Crippen LogP contribution in [0.5, 0.6) is 0 Å². The van der Waals surface area contributed by atoms with Gasteiger partial charge in [0.15, 0.2) is 0 Å². The molecular weight excluding hydrogens is 162 g/mol. The summed E-state index contributed by atoms with van der Waals surface area (Å²) in [5, 5.41) is 0. The lowest BCUT2D eigenvalue weighted by Crippen LogP contribution is -2.36. The van der Waals surface area contributed by atoms with Crippen molar-refractivity contribution >= 4 is 0 Å². The van der Waals surface area contributed by atoms with Gasteiger partial charge in [0.2, 0.25) is 0 Å². The Morgan fingerprint density at radius 3 is 2.38 bits per heavy atom. The van der Waals surface area contributed by atoms with Crippen molar-refractivity contribution < 1.29 is 4.74 Å². The Balaban J connectivity index is 1.76. The number of ether oxygens (including phenoxy) is 1. The van der Waals surface area contributed by atoms with Crippen LogP contribution < -0.4 is 0 Å². The van der Waals surface area contributed by atoms with Gasteiger partial charge < -0.3 is 9.64 Å². The first-order valence-electron chi connectivity index (χ1n) is 5.56. The average Bonchev–Trinajstić information content (AvgIpc) is 2.87. The molecule has 0 atom stereocenters. The van der Waals surface area contributed by atoms with E-state index in [0.717, 1.165) is 6.61 Å². The lowest BCUT2D eigenvalue weighted by Gasteiger charge is -2.30. The summed E-state index contributed by atoms with van der Waals surface area (Å²) in [5.41, 5.74) is 0.562. The molecule has 76 valence electrons. The van der Waals surface area contributed by atoms with Crippen LogP contribution in [0.1, 0.15) is 32.1 Å². The van der Waals surface area contributed by atoms with Gasteiger partial charge in [-0.1, -0.05) is 6.42 Å². The molecule has 0 radical (unpaired) electrons. The van der Waals surface area contributed by atoms with Crippen molar-refractivity contribution in [2.24, 2.45) is 5.41 Å². The van der Waals surface area contributed by atoms with Crippen molar-refractivity contribution in [2.75, 3.05) is 33.4 Å². The van der Waals surface area contributed by atoms with Crippen molar-refractivity contribution in [1.82, 2.24) is 4.90 Å². The van der Waals surface area contributed by atoms with E-state index in [4.69, 9.17) is 4.74 Å². The maximum absolute atomic E-state index is 5.28. The summed E-state index contributed by atoms with van der Waals surface area (Å²) in [7, 11) is 1.83. The number of methoxy groups -OCH3 is 1. The third-order valence-corrected chi connectivity index (χ3v) is 3.42. The van der Waals surface area contributed by atoms with E-state index in [2.05, 4.69) is 4.90 Å². The minimum absolute atomic E-state index is 0.562. The molecule has 1 saturated heterocycles. The zero-order chi connectivity index (χ0) is 9.15. The van der Waals surface area contributed by atoms with E-state index in [0.29, 0.717) is 5.41 Å². The van der Waals surface area contributed by atoms with E-state index in [1.807, 2.05) is 7.11 Å². The molecule has 2 rings (SSSR count). The van der Waals surface area contributed by atoms with Crippen LogP contribution in [-0.4, -0.2) is 38.3 Å². The molecule has 1 aliphatic heterocycles. The first-order chi connectivity index (χ1) is 6.35. The summed E-state index contributed by atoms with van der Waals surface area (Å²) >= 11 is 0. The molecule has 2 fully saturated rings. The third-order valence-electron chi connectivity index (χ3n) is 3.42. The van der Waals surface area contributed by atoms with Crippen molar-refractivity contribution in [3.63, 3.8) is 0 Å². The van der Waals surface area contributed by atoms with Crippen LogP contribution in [0, 0.1) is 5.41 Å². The van der Waals surface area contributed by atoms with Gasteiger partial charge in [0, 0.05) is 19.1 Å². The summed E-state index contributed by atoms with van der Waals surface area (Å²) in [5.74, 6) is 0. The van der Waals surface area contributed by atoms with E-state index in [1.165, 1.54) is 51.7 Å². The number of likely N-dealkylation sites (tertiary alicyclic amines) is 1. The van der Waals surface area contributed by atoms with E-state index in [9.17, 15) is 0 Å². The maximum atomic E-state index is 5.28. The second-order valence-electron chi connectivity index (χ2n) is 4.77. The SMILES string of the molecule is COCC1(CN2CCCCC2)CC1. The van der Waals surface area contributed by atoms with Crippen molar-refractivity contribution in [3.8, 4) is 0 Å². The van der Waals surface area contributed by atoms with E-state index >= 15 is 0 Å². The quantitative estimate of drug-likeness (QED) is 0.660. The molecule has 1 heterocycles. The fourth-order valence-electron chi connectivity index (χ4n) is 2.42. The predicted molar refractivity (Wildman–Crippen MR) is 53.8 cm³/mol. The number of nitrogens with zero attached hydrogens (tertiary/aromatic N) is 1. The predicted octanol–water partition coefficient (Wildman–Crippen LogP) is 1.90. The molecule has 0 aromatic rings. The highest BCUT2D eigenvalue weighted by molar-refractivity contribution is 4.95. The normalized spacial score (nSPS) is 27.5. The lowest BCUT2D eigenvalue weighted by atomic mass is 10.1. The summed E-state index contributed by atoms with van der Waals surface area (Å²) in [6, 6.07) is 0. The van der Waals surface area contributed by atoms with Crippen LogP contribution in [0.25, 0.3) is 0 Å². The minimum Gasteiger partial charge on any atom is -0.384 e. The zero-order valence-corrected chi connectivity index (χ0v) is 8.72. The molecule has 1 saturated carbocycles. The standard InChI is InChI=1S/C11H21NO/c1-13-10-11(5-6-11)9-12-7-3-2-4-8-12/h2-10H2,1H3. The lowest BCUT2D eigenvalue weighted by molar-refractivity contribution is 0.1000. The fourth-order valence-corrected chi connectivity index (χ4v) is 2.42. The van der Waals surface area contributed by atoms with Crippen LogP contribution in [0.2, 0.25) is 0 Å². The number of hydrogen-bond donors (Lipinski definition) is 0. The number of piperidine rings is 1. The molecule has 0 aromatic heterocycles. The van der Waals surface area contributed by atoms with Gasteiger partial charge in [-0.2, -0.15) is 0 Å². The van der Waals surface area contributed by atoms with Crippen molar-refractivity contribution in [3.05, 3.63) is 0 Å². The molecule has 2 heteroatoms. The van der Waals surface area contributed by atoms with E-state index in [1.54, 1.807) is 0 Å². The van der Waals surface area contributed by atoms with Gasteiger partial charge in [-0.05, 0) is 38.8 Å². The Morgan fingerprint density at radius 1 is 1.15 bits per heavy atom. The summed E-state index contributed by atoms with van der Waals surface area (Å²) < 4.78 is 5.28. The van der Waals surface area contributed by atoms with Crippen LogP contribution >= 0.6 is 0 Å². The highest BCUT2D eigenvalue weighted by Crippen LogP contribution is 2.46. The van der Waals surface area contributed by atoms with Gasteiger partial charge in [-0.25, -0.2) is 0 Å². The van der Waals surface area contributed by atoms with Crippen LogP contribution in [0.4, 0.5) is 0 Å². The van der Waals surface area contributed by atoms with Gasteiger partial charge >= 0.3 is 0 Å². The molecule has 2 nitrogen and oxygen atoms in total. The molecule has 2 aliphatic rings. The Bertz CT molecular complexity index is 159. The summed E-state index contributed by atoms with van der Waals surface area (Å²) in [6.07, 6.45) is 7.02. The largest absolute Gasteiger partial charge is 0.384 e. The van der Waals surface area contributed by atoms with Crippen LogP contribution in [-0.2, 0) is 4.74 Å². The van der Waals surface area contributed by atoms with Gasteiger partial charge in [-0.3, -0.25) is 0 Å². The smallest absolute Gasteiger partial charge is 0.0530 e. The van der Waals surface area contributed by atoms with Gasteiger partial charge in [0.25, 0.3) is 0 Å². The Kier molecular flexibility index (Phi) is 2.89. The van der Waals surface area contributed by atoms with E-state index < -0.39 is 0 Å². The molecule has 1 aliphatic carbocycles. The zero-order valence-electron chi connectivity index (χ0n) is 8.72. The van der Waals surface area contributed by atoms with Gasteiger partial charge in [0.1, 0.15) is 0 Å². The van der Waals surface area contributed by atoms with E-state index in [-0.39, 0.29) is 0 Å². The Labute approximate surface area is 81.3 Å². The van der Waals surface area contributed by atoms with Crippen molar-refractivity contribution in [1.29, 1.82) is 0 Å². The Morgan fingerprint density at radius 2 is 1.85 bits per heavy atom. The molecule has 0 amide bonds. The third kappa shape index (κ3) is 2.44.